The van der Waals surface area contributed by atoms with E-state index in [0.29, 0.717) is 5.56 Å². The van der Waals surface area contributed by atoms with Gasteiger partial charge in [0.05, 0.1) is 9.40 Å². The molecule has 0 aliphatic rings. The van der Waals surface area contributed by atoms with Crippen LogP contribution in [0.5, 0.6) is 0 Å². The van der Waals surface area contributed by atoms with Gasteiger partial charge in [0.2, 0.25) is 0 Å². The summed E-state index contributed by atoms with van der Waals surface area (Å²) in [7, 11) is 1.79. The lowest BCUT2D eigenvalue weighted by Gasteiger charge is -2.27. The summed E-state index contributed by atoms with van der Waals surface area (Å²) in [5.41, 5.74) is 0.386. The molecule has 0 aromatic heterocycles. The van der Waals surface area contributed by atoms with Gasteiger partial charge in [0.1, 0.15) is 5.82 Å². The highest BCUT2D eigenvalue weighted by Gasteiger charge is 2.30. The summed E-state index contributed by atoms with van der Waals surface area (Å²) in [6, 6.07) is 2.52. The monoisotopic (exact) mass is 332 g/mol. The van der Waals surface area contributed by atoms with Crippen molar-refractivity contribution in [2.24, 2.45) is 5.92 Å². The number of likely N-dealkylation sites (N-methyl/N-ethyl adjacent to an activating group) is 1. The minimum atomic E-state index is -0.477. The van der Waals surface area contributed by atoms with E-state index in [2.05, 4.69) is 21.2 Å². The van der Waals surface area contributed by atoms with Gasteiger partial charge in [0.25, 0.3) is 5.69 Å². The molecule has 0 aliphatic carbocycles. The standard InChI is InChI=1S/C13H18BrFN2O2/c1-7(2)13(8(3)16-4)9-5-11(15)10(14)6-12(9)17(18)19/h5-8,13,16H,1-4H3. The molecule has 106 valence electrons. The van der Waals surface area contributed by atoms with Crippen molar-refractivity contribution in [2.75, 3.05) is 7.05 Å². The van der Waals surface area contributed by atoms with Gasteiger partial charge in [-0.15, -0.1) is 0 Å². The third-order valence-corrected chi connectivity index (χ3v) is 3.95. The summed E-state index contributed by atoms with van der Waals surface area (Å²) in [6.07, 6.45) is 0. The van der Waals surface area contributed by atoms with Gasteiger partial charge in [-0.2, -0.15) is 0 Å². The number of hydrogen-bond acceptors (Lipinski definition) is 3. The fourth-order valence-electron chi connectivity index (χ4n) is 2.36. The highest BCUT2D eigenvalue weighted by molar-refractivity contribution is 9.10. The zero-order valence-corrected chi connectivity index (χ0v) is 13.0. The maximum atomic E-state index is 13.7. The van der Waals surface area contributed by atoms with Gasteiger partial charge in [0.15, 0.2) is 0 Å². The van der Waals surface area contributed by atoms with Crippen LogP contribution in [-0.2, 0) is 0 Å². The molecular weight excluding hydrogens is 315 g/mol. The smallest absolute Gasteiger partial charge is 0.274 e. The van der Waals surface area contributed by atoms with Crippen molar-refractivity contribution in [3.05, 3.63) is 38.1 Å². The predicted octanol–water partition coefficient (Wildman–Crippen LogP) is 3.84. The Labute approximate surface area is 120 Å². The van der Waals surface area contributed by atoms with E-state index in [-0.39, 0.29) is 28.0 Å². The average molecular weight is 333 g/mol. The Kier molecular flexibility index (Phi) is 5.43. The molecule has 0 aliphatic heterocycles. The molecule has 0 saturated heterocycles. The van der Waals surface area contributed by atoms with Gasteiger partial charge in [0, 0.05) is 23.6 Å². The van der Waals surface area contributed by atoms with Crippen molar-refractivity contribution in [3.63, 3.8) is 0 Å². The first-order valence-electron chi connectivity index (χ1n) is 6.10. The van der Waals surface area contributed by atoms with Crippen molar-refractivity contribution in [1.82, 2.24) is 5.32 Å². The van der Waals surface area contributed by atoms with Crippen LogP contribution in [0.4, 0.5) is 10.1 Å². The van der Waals surface area contributed by atoms with Gasteiger partial charge in [-0.1, -0.05) is 13.8 Å². The Morgan fingerprint density at radius 1 is 1.37 bits per heavy atom. The second-order valence-electron chi connectivity index (χ2n) is 4.93. The topological polar surface area (TPSA) is 55.2 Å². The van der Waals surface area contributed by atoms with Crippen LogP contribution in [0, 0.1) is 21.8 Å². The van der Waals surface area contributed by atoms with Crippen LogP contribution in [0.1, 0.15) is 32.3 Å². The van der Waals surface area contributed by atoms with Gasteiger partial charge in [-0.3, -0.25) is 10.1 Å². The van der Waals surface area contributed by atoms with Crippen molar-refractivity contribution >= 4 is 21.6 Å². The third-order valence-electron chi connectivity index (χ3n) is 3.34. The molecule has 0 saturated carbocycles. The number of nitrogens with zero attached hydrogens (tertiary/aromatic N) is 1. The largest absolute Gasteiger partial charge is 0.317 e. The number of nitro benzene ring substituents is 1. The average Bonchev–Trinajstić information content (AvgIpc) is 2.32. The molecule has 1 N–H and O–H groups in total. The lowest BCUT2D eigenvalue weighted by atomic mass is 9.82. The highest BCUT2D eigenvalue weighted by atomic mass is 79.9. The minimum absolute atomic E-state index is 0.0132. The highest BCUT2D eigenvalue weighted by Crippen LogP contribution is 2.37. The molecule has 1 aromatic rings. The summed E-state index contributed by atoms with van der Waals surface area (Å²) in [6.45, 7) is 5.89. The van der Waals surface area contributed by atoms with Gasteiger partial charge >= 0.3 is 0 Å². The number of rotatable bonds is 5. The van der Waals surface area contributed by atoms with Crippen LogP contribution in [0.15, 0.2) is 16.6 Å². The van der Waals surface area contributed by atoms with E-state index in [1.54, 1.807) is 7.05 Å². The Balaban J connectivity index is 3.44. The van der Waals surface area contributed by atoms with E-state index in [4.69, 9.17) is 0 Å². The van der Waals surface area contributed by atoms with Crippen molar-refractivity contribution in [3.8, 4) is 0 Å². The number of halogens is 2. The van der Waals surface area contributed by atoms with Crippen LogP contribution >= 0.6 is 15.9 Å². The molecule has 6 heteroatoms. The molecule has 0 amide bonds. The van der Waals surface area contributed by atoms with Gasteiger partial charge < -0.3 is 5.32 Å². The van der Waals surface area contributed by atoms with E-state index < -0.39 is 10.7 Å². The van der Waals surface area contributed by atoms with E-state index in [9.17, 15) is 14.5 Å². The number of nitro groups is 1. The predicted molar refractivity (Wildman–Crippen MR) is 76.9 cm³/mol. The molecule has 0 spiro atoms. The molecule has 1 rings (SSSR count). The molecular formula is C13H18BrFN2O2. The quantitative estimate of drug-likeness (QED) is 0.658. The second-order valence-corrected chi connectivity index (χ2v) is 5.78. The van der Waals surface area contributed by atoms with E-state index in [1.165, 1.54) is 12.1 Å². The summed E-state index contributed by atoms with van der Waals surface area (Å²) in [5.74, 6) is -0.454. The maximum absolute atomic E-state index is 13.7. The van der Waals surface area contributed by atoms with Crippen molar-refractivity contribution in [1.29, 1.82) is 0 Å². The van der Waals surface area contributed by atoms with Crippen molar-refractivity contribution < 1.29 is 9.31 Å². The molecule has 0 fully saturated rings. The number of hydrogen-bond donors (Lipinski definition) is 1. The summed E-state index contributed by atoms with van der Waals surface area (Å²) >= 11 is 2.99. The Bertz CT molecular complexity index is 480. The summed E-state index contributed by atoms with van der Waals surface area (Å²) in [5, 5.41) is 14.3. The Morgan fingerprint density at radius 3 is 2.37 bits per heavy atom. The normalized spacial score (nSPS) is 14.5. The van der Waals surface area contributed by atoms with E-state index >= 15 is 0 Å². The fourth-order valence-corrected chi connectivity index (χ4v) is 2.69. The summed E-state index contributed by atoms with van der Waals surface area (Å²) in [4.78, 5) is 10.7. The Hall–Kier alpha value is -1.01. The first-order chi connectivity index (χ1) is 8.79. The molecule has 0 bridgehead atoms. The van der Waals surface area contributed by atoms with Crippen LogP contribution in [-0.4, -0.2) is 18.0 Å². The van der Waals surface area contributed by atoms with Gasteiger partial charge in [-0.05, 0) is 41.9 Å². The fraction of sp³-hybridized carbons (Fsp3) is 0.538. The minimum Gasteiger partial charge on any atom is -0.317 e. The molecule has 2 unspecified atom stereocenters. The number of nitrogens with one attached hydrogen (secondary N) is 1. The van der Waals surface area contributed by atoms with E-state index in [0.717, 1.165) is 0 Å². The summed E-state index contributed by atoms with van der Waals surface area (Å²) < 4.78 is 13.8. The van der Waals surface area contributed by atoms with Crippen LogP contribution in [0.2, 0.25) is 0 Å². The SMILES string of the molecule is CNC(C)C(c1cc(F)c(Br)cc1[N+](=O)[O-])C(C)C. The van der Waals surface area contributed by atoms with Crippen LogP contribution in [0.25, 0.3) is 0 Å². The van der Waals surface area contributed by atoms with Crippen LogP contribution in [0.3, 0.4) is 0 Å². The van der Waals surface area contributed by atoms with Gasteiger partial charge in [-0.25, -0.2) is 4.39 Å². The lowest BCUT2D eigenvalue weighted by Crippen LogP contribution is -2.32. The van der Waals surface area contributed by atoms with Crippen LogP contribution < -0.4 is 5.32 Å². The lowest BCUT2D eigenvalue weighted by molar-refractivity contribution is -0.386. The third kappa shape index (κ3) is 3.51. The van der Waals surface area contributed by atoms with Crippen molar-refractivity contribution in [2.45, 2.75) is 32.7 Å². The zero-order valence-electron chi connectivity index (χ0n) is 11.4. The first kappa shape index (κ1) is 16.0. The molecule has 2 atom stereocenters. The molecule has 0 heterocycles. The first-order valence-corrected chi connectivity index (χ1v) is 6.89. The molecule has 1 aromatic carbocycles. The molecule has 4 nitrogen and oxygen atoms in total. The molecule has 0 radical (unpaired) electrons. The Morgan fingerprint density at radius 2 is 1.95 bits per heavy atom. The molecule has 19 heavy (non-hydrogen) atoms. The number of benzene rings is 1. The maximum Gasteiger partial charge on any atom is 0.274 e. The zero-order chi connectivity index (χ0) is 14.7. The second kappa shape index (κ2) is 6.43. The van der Waals surface area contributed by atoms with E-state index in [1.807, 2.05) is 20.8 Å².